The molecule has 1 atom stereocenters. The third-order valence-corrected chi connectivity index (χ3v) is 5.12. The lowest BCUT2D eigenvalue weighted by atomic mass is 10.1. The number of carbonyl (C=O) groups excluding carboxylic acids is 2. The molecular weight excluding hydrogens is 451 g/mol. The van der Waals surface area contributed by atoms with Crippen molar-refractivity contribution in [2.24, 2.45) is 5.73 Å². The van der Waals surface area contributed by atoms with Gasteiger partial charge in [-0.2, -0.15) is 0 Å². The van der Waals surface area contributed by atoms with Gasteiger partial charge in [0.2, 0.25) is 16.5 Å². The van der Waals surface area contributed by atoms with Gasteiger partial charge in [0, 0.05) is 19.5 Å². The van der Waals surface area contributed by atoms with Crippen molar-refractivity contribution in [3.05, 3.63) is 39.1 Å². The second-order valence-electron chi connectivity index (χ2n) is 8.66. The van der Waals surface area contributed by atoms with E-state index in [1.54, 1.807) is 25.2 Å². The zero-order valence-electron chi connectivity index (χ0n) is 18.7. The van der Waals surface area contributed by atoms with Crippen LogP contribution in [0.5, 0.6) is 0 Å². The Morgan fingerprint density at radius 3 is 2.79 bits per heavy atom. The van der Waals surface area contributed by atoms with E-state index in [1.807, 2.05) is 0 Å². The van der Waals surface area contributed by atoms with E-state index in [0.29, 0.717) is 17.7 Å². The number of nitrogens with zero attached hydrogens (tertiary/aromatic N) is 3. The number of carbonyl (C=O) groups is 2. The van der Waals surface area contributed by atoms with E-state index in [2.05, 4.69) is 15.5 Å². The largest absolute Gasteiger partial charge is 0.460 e. The molecule has 4 N–H and O–H groups in total. The molecule has 2 aromatic heterocycles. The lowest BCUT2D eigenvalue weighted by molar-refractivity contribution is -0.155. The maximum Gasteiger partial charge on any atom is 0.306 e. The topological polar surface area (TPSA) is 137 Å². The first-order valence-electron chi connectivity index (χ1n) is 10.5. The number of amides is 1. The minimum Gasteiger partial charge on any atom is -0.460 e. The molecule has 178 valence electrons. The number of nitrogens with two attached hydrogens (primary N) is 1. The number of nitrogens with one attached hydrogen (secondary N) is 2. The highest BCUT2D eigenvalue weighted by atomic mass is 32.1. The maximum absolute atomic E-state index is 13.7. The van der Waals surface area contributed by atoms with E-state index in [4.69, 9.17) is 22.7 Å². The molecule has 1 amide bonds. The second kappa shape index (κ2) is 9.79. The number of hydrogen-bond acceptors (Lipinski definition) is 7. The van der Waals surface area contributed by atoms with Crippen molar-refractivity contribution in [2.45, 2.75) is 58.2 Å². The lowest BCUT2D eigenvalue weighted by Gasteiger charge is -2.20. The summed E-state index contributed by atoms with van der Waals surface area (Å²) in [6.45, 7) is 5.74. The monoisotopic (exact) mass is 478 g/mol. The van der Waals surface area contributed by atoms with Gasteiger partial charge in [0.25, 0.3) is 5.56 Å². The van der Waals surface area contributed by atoms with Crippen LogP contribution in [-0.4, -0.2) is 49.2 Å². The van der Waals surface area contributed by atoms with Gasteiger partial charge in [-0.25, -0.2) is 9.49 Å². The predicted octanol–water partition coefficient (Wildman–Crippen LogP) is 1.80. The first-order chi connectivity index (χ1) is 15.5. The van der Waals surface area contributed by atoms with E-state index in [0.717, 1.165) is 6.07 Å². The summed E-state index contributed by atoms with van der Waals surface area (Å²) in [5.41, 5.74) is 5.31. The zero-order valence-corrected chi connectivity index (χ0v) is 19.5. The van der Waals surface area contributed by atoms with E-state index >= 15 is 0 Å². The predicted molar refractivity (Wildman–Crippen MR) is 123 cm³/mol. The van der Waals surface area contributed by atoms with E-state index in [1.165, 1.54) is 16.7 Å². The molecule has 10 nitrogen and oxygen atoms in total. The highest BCUT2D eigenvalue weighted by Crippen LogP contribution is 2.15. The molecule has 0 saturated heterocycles. The van der Waals surface area contributed by atoms with Crippen molar-refractivity contribution >= 4 is 40.8 Å². The molecule has 0 radical (unpaired) electrons. The molecule has 0 aliphatic heterocycles. The number of esters is 1. The number of aromatic amines is 1. The molecule has 2 heterocycles. The Kier molecular flexibility index (Phi) is 7.28. The number of aryl methyl sites for hydroxylation is 1. The molecule has 3 rings (SSSR count). The number of benzene rings is 1. The van der Waals surface area contributed by atoms with Crippen LogP contribution < -0.4 is 16.6 Å². The fourth-order valence-electron chi connectivity index (χ4n) is 3.38. The molecule has 0 bridgehead atoms. The molecule has 33 heavy (non-hydrogen) atoms. The van der Waals surface area contributed by atoms with E-state index in [-0.39, 0.29) is 36.1 Å². The Bertz CT molecular complexity index is 1310. The van der Waals surface area contributed by atoms with Gasteiger partial charge in [0.1, 0.15) is 11.4 Å². The molecule has 0 unspecified atom stereocenters. The normalized spacial score (nSPS) is 12.8. The Balaban J connectivity index is 1.62. The number of hydrogen-bond donors (Lipinski definition) is 3. The van der Waals surface area contributed by atoms with E-state index in [9.17, 15) is 18.8 Å². The Hall–Kier alpha value is -3.12. The Labute approximate surface area is 193 Å². The van der Waals surface area contributed by atoms with Gasteiger partial charge in [-0.15, -0.1) is 5.10 Å². The fraction of sp³-hybridized carbons (Fsp3) is 0.476. The molecule has 12 heteroatoms. The lowest BCUT2D eigenvalue weighted by Crippen LogP contribution is -2.41. The Morgan fingerprint density at radius 2 is 2.09 bits per heavy atom. The van der Waals surface area contributed by atoms with Crippen molar-refractivity contribution in [3.8, 4) is 0 Å². The van der Waals surface area contributed by atoms with Crippen molar-refractivity contribution in [1.82, 2.24) is 24.5 Å². The number of fused-ring (bicyclic) bond motifs is 3. The summed E-state index contributed by atoms with van der Waals surface area (Å²) in [4.78, 5) is 36.9. The minimum atomic E-state index is -0.861. The third kappa shape index (κ3) is 5.82. The molecule has 0 aliphatic carbocycles. The van der Waals surface area contributed by atoms with Crippen LogP contribution in [0, 0.1) is 10.6 Å². The van der Waals surface area contributed by atoms with Gasteiger partial charge < -0.3 is 15.8 Å². The van der Waals surface area contributed by atoms with Gasteiger partial charge in [-0.3, -0.25) is 23.4 Å². The average molecular weight is 479 g/mol. The quantitative estimate of drug-likeness (QED) is 0.255. The van der Waals surface area contributed by atoms with Crippen LogP contribution in [0.4, 0.5) is 4.39 Å². The maximum atomic E-state index is 13.7. The summed E-state index contributed by atoms with van der Waals surface area (Å²) >= 11 is 5.25. The van der Waals surface area contributed by atoms with Crippen molar-refractivity contribution in [1.29, 1.82) is 0 Å². The van der Waals surface area contributed by atoms with Crippen LogP contribution in [0.3, 0.4) is 0 Å². The number of ether oxygens (including phenoxy) is 1. The number of rotatable bonds is 8. The fourth-order valence-corrected chi connectivity index (χ4v) is 3.60. The second-order valence-corrected chi connectivity index (χ2v) is 9.05. The number of H-pyrrole nitrogens is 1. The summed E-state index contributed by atoms with van der Waals surface area (Å²) in [5.74, 6) is -1.06. The summed E-state index contributed by atoms with van der Waals surface area (Å²) in [6.07, 6.45) is 0.579. The van der Waals surface area contributed by atoms with E-state index < -0.39 is 34.9 Å². The van der Waals surface area contributed by atoms with Gasteiger partial charge >= 0.3 is 5.97 Å². The van der Waals surface area contributed by atoms with Crippen LogP contribution in [0.1, 0.15) is 40.0 Å². The van der Waals surface area contributed by atoms with Gasteiger partial charge in [0.15, 0.2) is 0 Å². The minimum absolute atomic E-state index is 0.0344. The first-order valence-corrected chi connectivity index (χ1v) is 10.9. The third-order valence-electron chi connectivity index (χ3n) is 4.85. The Morgan fingerprint density at radius 1 is 1.36 bits per heavy atom. The highest BCUT2D eigenvalue weighted by molar-refractivity contribution is 7.71. The highest BCUT2D eigenvalue weighted by Gasteiger charge is 2.20. The van der Waals surface area contributed by atoms with Crippen molar-refractivity contribution in [3.63, 3.8) is 0 Å². The SMILES string of the molecule is CC(C)(C)OC(=O)CC[C@H](N)C(=O)NCCCn1c(=O)c2cc(F)ccc2n2c(=S)[nH]nc12. The summed E-state index contributed by atoms with van der Waals surface area (Å²) in [6, 6.07) is 3.03. The smallest absolute Gasteiger partial charge is 0.306 e. The van der Waals surface area contributed by atoms with Crippen molar-refractivity contribution < 1.29 is 18.7 Å². The van der Waals surface area contributed by atoms with Crippen molar-refractivity contribution in [2.75, 3.05) is 6.54 Å². The van der Waals surface area contributed by atoms with Crippen LogP contribution in [-0.2, 0) is 20.9 Å². The van der Waals surface area contributed by atoms with Crippen LogP contribution in [0.15, 0.2) is 23.0 Å². The molecule has 0 spiro atoms. The number of halogens is 1. The van der Waals surface area contributed by atoms with Gasteiger partial charge in [-0.1, -0.05) is 0 Å². The molecule has 0 aliphatic rings. The van der Waals surface area contributed by atoms with Crippen LogP contribution in [0.2, 0.25) is 0 Å². The molecule has 3 aromatic rings. The summed E-state index contributed by atoms with van der Waals surface area (Å²) in [5, 5.41) is 9.64. The molecule has 0 saturated carbocycles. The molecule has 0 fully saturated rings. The molecular formula is C21H27FN6O4S. The molecule has 1 aromatic carbocycles. The van der Waals surface area contributed by atoms with Gasteiger partial charge in [-0.05, 0) is 64.0 Å². The van der Waals surface area contributed by atoms with Crippen LogP contribution in [0.25, 0.3) is 16.7 Å². The van der Waals surface area contributed by atoms with Crippen LogP contribution >= 0.6 is 12.2 Å². The summed E-state index contributed by atoms with van der Waals surface area (Å²) < 4.78 is 22.2. The standard InChI is InChI=1S/C21H27FN6O4S/c1-21(2,3)32-16(29)8-6-14(23)17(30)24-9-4-10-27-18(31)13-11-12(22)5-7-15(13)28-19(27)25-26-20(28)33/h5,7,11,14H,4,6,8-10,23H2,1-3H3,(H,24,30)(H,26,33)/t14-/m0/s1. The zero-order chi connectivity index (χ0) is 24.3. The van der Waals surface area contributed by atoms with Gasteiger partial charge in [0.05, 0.1) is 16.9 Å². The average Bonchev–Trinajstić information content (AvgIpc) is 3.11. The summed E-state index contributed by atoms with van der Waals surface area (Å²) in [7, 11) is 0. The number of aromatic nitrogens is 4. The first kappa shape index (κ1) is 24.5.